The molecule has 142 valence electrons. The third kappa shape index (κ3) is 4.33. The monoisotopic (exact) mass is 361 g/mol. The van der Waals surface area contributed by atoms with E-state index in [-0.39, 0.29) is 11.0 Å². The second-order valence-electron chi connectivity index (χ2n) is 9.41. The fourth-order valence-corrected chi connectivity index (χ4v) is 3.29. The number of rotatable bonds is 3. The molecular weight excluding hydrogens is 330 g/mol. The first kappa shape index (κ1) is 19.4. The lowest BCUT2D eigenvalue weighted by atomic mass is 9.83. The van der Waals surface area contributed by atoms with Crippen LogP contribution in [0.2, 0.25) is 0 Å². The lowest BCUT2D eigenvalue weighted by molar-refractivity contribution is 0.411. The smallest absolute Gasteiger partial charge is 0.127 e. The van der Waals surface area contributed by atoms with E-state index in [4.69, 9.17) is 0 Å². The van der Waals surface area contributed by atoms with Crippen LogP contribution >= 0.6 is 0 Å². The summed E-state index contributed by atoms with van der Waals surface area (Å²) in [4.78, 5) is 0. The van der Waals surface area contributed by atoms with Crippen LogP contribution in [0, 0.1) is 0 Å². The Labute approximate surface area is 163 Å². The van der Waals surface area contributed by atoms with Crippen LogP contribution in [-0.2, 0) is 12.0 Å². The average molecular weight is 362 g/mol. The average Bonchev–Trinajstić information content (AvgIpc) is 2.59. The van der Waals surface area contributed by atoms with Gasteiger partial charge in [-0.25, -0.2) is 0 Å². The number of fused-ring (bicyclic) bond motifs is 1. The molecule has 0 aromatic heterocycles. The molecule has 0 atom stereocenters. The van der Waals surface area contributed by atoms with Crippen molar-refractivity contribution in [2.45, 2.75) is 59.0 Å². The van der Waals surface area contributed by atoms with Crippen LogP contribution in [0.1, 0.15) is 52.7 Å². The molecule has 27 heavy (non-hydrogen) atoms. The summed E-state index contributed by atoms with van der Waals surface area (Å²) >= 11 is 0. The van der Waals surface area contributed by atoms with E-state index in [0.717, 1.165) is 22.1 Å². The van der Waals surface area contributed by atoms with Crippen molar-refractivity contribution in [3.05, 3.63) is 65.7 Å². The number of benzene rings is 3. The molecule has 0 unspecified atom stereocenters. The van der Waals surface area contributed by atoms with Gasteiger partial charge in [0, 0.05) is 23.2 Å². The Balaban J connectivity index is 2.22. The molecular formula is C25H31NO. The van der Waals surface area contributed by atoms with Crippen molar-refractivity contribution in [1.29, 1.82) is 0 Å². The SMILES string of the molecule is CC(C)(C)NCc1cc(C(C)(C)C)cc(-c2cccc3ccccc23)c1O. The van der Waals surface area contributed by atoms with Gasteiger partial charge in [0.25, 0.3) is 0 Å². The van der Waals surface area contributed by atoms with E-state index in [1.807, 2.05) is 0 Å². The number of hydrogen-bond acceptors (Lipinski definition) is 2. The maximum absolute atomic E-state index is 11.1. The highest BCUT2D eigenvalue weighted by Gasteiger charge is 2.21. The largest absolute Gasteiger partial charge is 0.507 e. The molecule has 3 aromatic carbocycles. The molecule has 0 heterocycles. The van der Waals surface area contributed by atoms with Crippen LogP contribution in [0.15, 0.2) is 54.6 Å². The van der Waals surface area contributed by atoms with Gasteiger partial charge in [-0.15, -0.1) is 0 Å². The van der Waals surface area contributed by atoms with Gasteiger partial charge in [0.05, 0.1) is 0 Å². The van der Waals surface area contributed by atoms with Crippen LogP contribution in [0.3, 0.4) is 0 Å². The van der Waals surface area contributed by atoms with E-state index in [1.54, 1.807) is 0 Å². The fourth-order valence-electron chi connectivity index (χ4n) is 3.29. The fraction of sp³-hybridized carbons (Fsp3) is 0.360. The van der Waals surface area contributed by atoms with Gasteiger partial charge >= 0.3 is 0 Å². The zero-order valence-electron chi connectivity index (χ0n) is 17.4. The minimum Gasteiger partial charge on any atom is -0.507 e. The molecule has 0 radical (unpaired) electrons. The molecule has 0 aliphatic carbocycles. The standard InChI is InChI=1S/C25H31NO/c1-24(2,3)19-14-18(16-26-25(4,5)6)23(27)22(15-19)21-13-9-11-17-10-7-8-12-20(17)21/h7-15,26-27H,16H2,1-6H3. The van der Waals surface area contributed by atoms with E-state index in [2.05, 4.69) is 101 Å². The first-order chi connectivity index (χ1) is 12.6. The Kier molecular flexibility index (Phi) is 5.05. The molecule has 0 spiro atoms. The lowest BCUT2D eigenvalue weighted by Crippen LogP contribution is -2.35. The lowest BCUT2D eigenvalue weighted by Gasteiger charge is -2.25. The number of phenolic OH excluding ortho intramolecular Hbond substituents is 1. The molecule has 2 nitrogen and oxygen atoms in total. The van der Waals surface area contributed by atoms with Crippen molar-refractivity contribution >= 4 is 10.8 Å². The first-order valence-corrected chi connectivity index (χ1v) is 9.66. The summed E-state index contributed by atoms with van der Waals surface area (Å²) in [5.74, 6) is 0.371. The van der Waals surface area contributed by atoms with Gasteiger partial charge in [-0.1, -0.05) is 69.3 Å². The van der Waals surface area contributed by atoms with Crippen molar-refractivity contribution in [3.8, 4) is 16.9 Å². The molecule has 0 bridgehead atoms. The summed E-state index contributed by atoms with van der Waals surface area (Å²) in [5, 5.41) is 17.0. The third-order valence-electron chi connectivity index (χ3n) is 4.94. The molecule has 0 aliphatic heterocycles. The van der Waals surface area contributed by atoms with Crippen molar-refractivity contribution in [2.24, 2.45) is 0 Å². The highest BCUT2D eigenvalue weighted by Crippen LogP contribution is 2.40. The van der Waals surface area contributed by atoms with E-state index >= 15 is 0 Å². The van der Waals surface area contributed by atoms with Crippen LogP contribution in [0.25, 0.3) is 21.9 Å². The topological polar surface area (TPSA) is 32.3 Å². The second-order valence-corrected chi connectivity index (χ2v) is 9.41. The van der Waals surface area contributed by atoms with Gasteiger partial charge in [0.2, 0.25) is 0 Å². The quantitative estimate of drug-likeness (QED) is 0.566. The molecule has 0 amide bonds. The zero-order valence-corrected chi connectivity index (χ0v) is 17.4. The van der Waals surface area contributed by atoms with Crippen LogP contribution in [-0.4, -0.2) is 10.6 Å². The molecule has 3 aromatic rings. The third-order valence-corrected chi connectivity index (χ3v) is 4.94. The Morgan fingerprint density at radius 2 is 1.48 bits per heavy atom. The maximum atomic E-state index is 11.1. The van der Waals surface area contributed by atoms with Crippen molar-refractivity contribution < 1.29 is 5.11 Å². The molecule has 2 N–H and O–H groups in total. The van der Waals surface area contributed by atoms with Gasteiger partial charge in [-0.2, -0.15) is 0 Å². The Morgan fingerprint density at radius 3 is 2.15 bits per heavy atom. The molecule has 3 rings (SSSR count). The summed E-state index contributed by atoms with van der Waals surface area (Å²) in [6, 6.07) is 18.9. The van der Waals surface area contributed by atoms with Gasteiger partial charge in [0.1, 0.15) is 5.75 Å². The summed E-state index contributed by atoms with van der Waals surface area (Å²) in [7, 11) is 0. The normalized spacial score (nSPS) is 12.5. The molecule has 0 fully saturated rings. The van der Waals surface area contributed by atoms with E-state index < -0.39 is 0 Å². The molecule has 0 aliphatic rings. The van der Waals surface area contributed by atoms with E-state index in [0.29, 0.717) is 12.3 Å². The summed E-state index contributed by atoms with van der Waals surface area (Å²) in [6.45, 7) is 13.7. The first-order valence-electron chi connectivity index (χ1n) is 9.66. The number of phenols is 1. The summed E-state index contributed by atoms with van der Waals surface area (Å²) < 4.78 is 0. The van der Waals surface area contributed by atoms with Crippen molar-refractivity contribution in [3.63, 3.8) is 0 Å². The van der Waals surface area contributed by atoms with Crippen LogP contribution < -0.4 is 5.32 Å². The highest BCUT2D eigenvalue weighted by atomic mass is 16.3. The van der Waals surface area contributed by atoms with Crippen molar-refractivity contribution in [1.82, 2.24) is 5.32 Å². The van der Waals surface area contributed by atoms with Crippen molar-refractivity contribution in [2.75, 3.05) is 0 Å². The van der Waals surface area contributed by atoms with Gasteiger partial charge in [0.15, 0.2) is 0 Å². The summed E-state index contributed by atoms with van der Waals surface area (Å²) in [5.41, 5.74) is 4.15. The number of hydrogen-bond donors (Lipinski definition) is 2. The number of nitrogens with one attached hydrogen (secondary N) is 1. The second kappa shape index (κ2) is 7.01. The predicted molar refractivity (Wildman–Crippen MR) is 116 cm³/mol. The molecule has 2 heteroatoms. The highest BCUT2D eigenvalue weighted by molar-refractivity contribution is 5.98. The minimum atomic E-state index is -0.0101. The van der Waals surface area contributed by atoms with E-state index in [1.165, 1.54) is 10.9 Å². The maximum Gasteiger partial charge on any atom is 0.127 e. The van der Waals surface area contributed by atoms with E-state index in [9.17, 15) is 5.11 Å². The van der Waals surface area contributed by atoms with Gasteiger partial charge in [-0.05, 0) is 54.2 Å². The molecule has 0 saturated carbocycles. The Hall–Kier alpha value is -2.32. The minimum absolute atomic E-state index is 0.00349. The number of aromatic hydroxyl groups is 1. The van der Waals surface area contributed by atoms with Crippen LogP contribution in [0.4, 0.5) is 0 Å². The summed E-state index contributed by atoms with van der Waals surface area (Å²) in [6.07, 6.45) is 0. The van der Waals surface area contributed by atoms with Crippen LogP contribution in [0.5, 0.6) is 5.75 Å². The zero-order chi connectivity index (χ0) is 19.8. The van der Waals surface area contributed by atoms with Gasteiger partial charge in [-0.3, -0.25) is 0 Å². The molecule has 0 saturated heterocycles. The Morgan fingerprint density at radius 1 is 0.815 bits per heavy atom. The predicted octanol–water partition coefficient (Wildman–Crippen LogP) is 6.40. The Bertz CT molecular complexity index is 953. The van der Waals surface area contributed by atoms with Gasteiger partial charge < -0.3 is 10.4 Å².